The zero-order valence-electron chi connectivity index (χ0n) is 12.6. The van der Waals surface area contributed by atoms with Gasteiger partial charge in [0.25, 0.3) is 0 Å². The van der Waals surface area contributed by atoms with Gasteiger partial charge in [0, 0.05) is 11.6 Å². The van der Waals surface area contributed by atoms with Gasteiger partial charge >= 0.3 is 0 Å². The molecule has 0 unspecified atom stereocenters. The Balaban J connectivity index is 1.78. The van der Waals surface area contributed by atoms with Crippen LogP contribution in [-0.2, 0) is 11.2 Å². The highest BCUT2D eigenvalue weighted by Crippen LogP contribution is 2.33. The lowest BCUT2D eigenvalue weighted by molar-refractivity contribution is -0.122. The standard InChI is InChI=1S/C17H24ClNO2/c1-2-13-6-8-17(21,9-7-13)12-19-16(20)11-14-4-3-5-15(18)10-14/h3-5,10,13,21H,2,6-9,11-12H2,1H3,(H,19,20). The van der Waals surface area contributed by atoms with Gasteiger partial charge in [0.15, 0.2) is 0 Å². The van der Waals surface area contributed by atoms with E-state index in [2.05, 4.69) is 12.2 Å². The van der Waals surface area contributed by atoms with Crippen LogP contribution >= 0.6 is 11.6 Å². The molecule has 1 amide bonds. The van der Waals surface area contributed by atoms with Crippen LogP contribution in [0.15, 0.2) is 24.3 Å². The minimum Gasteiger partial charge on any atom is -0.388 e. The predicted octanol–water partition coefficient (Wildman–Crippen LogP) is 3.33. The van der Waals surface area contributed by atoms with Crippen molar-refractivity contribution in [3.05, 3.63) is 34.9 Å². The van der Waals surface area contributed by atoms with Crippen molar-refractivity contribution in [2.24, 2.45) is 5.92 Å². The van der Waals surface area contributed by atoms with E-state index in [1.165, 1.54) is 6.42 Å². The van der Waals surface area contributed by atoms with Gasteiger partial charge in [0.1, 0.15) is 0 Å². The first-order valence-electron chi connectivity index (χ1n) is 7.74. The molecule has 1 aliphatic rings. The Morgan fingerprint density at radius 1 is 1.43 bits per heavy atom. The van der Waals surface area contributed by atoms with E-state index in [0.29, 0.717) is 18.0 Å². The number of carbonyl (C=O) groups excluding carboxylic acids is 1. The van der Waals surface area contributed by atoms with E-state index in [0.717, 1.165) is 37.2 Å². The number of nitrogens with one attached hydrogen (secondary N) is 1. The first-order chi connectivity index (χ1) is 10.0. The lowest BCUT2D eigenvalue weighted by Gasteiger charge is -2.35. The topological polar surface area (TPSA) is 49.3 Å². The molecule has 0 bridgehead atoms. The number of carbonyl (C=O) groups is 1. The molecule has 3 nitrogen and oxygen atoms in total. The quantitative estimate of drug-likeness (QED) is 0.876. The molecule has 0 aromatic heterocycles. The van der Waals surface area contributed by atoms with Gasteiger partial charge in [0.05, 0.1) is 12.0 Å². The molecule has 1 saturated carbocycles. The number of benzene rings is 1. The highest BCUT2D eigenvalue weighted by molar-refractivity contribution is 6.30. The number of aliphatic hydroxyl groups is 1. The summed E-state index contributed by atoms with van der Waals surface area (Å²) in [6, 6.07) is 7.30. The molecular weight excluding hydrogens is 286 g/mol. The third-order valence-electron chi connectivity index (χ3n) is 4.48. The molecule has 1 aliphatic carbocycles. The lowest BCUT2D eigenvalue weighted by Crippen LogP contribution is -2.45. The van der Waals surface area contributed by atoms with Crippen LogP contribution in [0, 0.1) is 5.92 Å². The first kappa shape index (κ1) is 16.3. The first-order valence-corrected chi connectivity index (χ1v) is 8.12. The van der Waals surface area contributed by atoms with Crippen LogP contribution in [0.4, 0.5) is 0 Å². The van der Waals surface area contributed by atoms with E-state index in [1.54, 1.807) is 12.1 Å². The van der Waals surface area contributed by atoms with Crippen LogP contribution in [0.3, 0.4) is 0 Å². The minimum absolute atomic E-state index is 0.0664. The Labute approximate surface area is 131 Å². The molecule has 0 heterocycles. The fourth-order valence-electron chi connectivity index (χ4n) is 2.96. The molecule has 0 aliphatic heterocycles. The van der Waals surface area contributed by atoms with Gasteiger partial charge in [-0.15, -0.1) is 0 Å². The second-order valence-electron chi connectivity index (χ2n) is 6.16. The monoisotopic (exact) mass is 309 g/mol. The Hall–Kier alpha value is -1.06. The van der Waals surface area contributed by atoms with Crippen molar-refractivity contribution in [2.75, 3.05) is 6.54 Å². The molecule has 1 aromatic rings. The van der Waals surface area contributed by atoms with E-state index in [1.807, 2.05) is 12.1 Å². The zero-order chi connectivity index (χ0) is 15.3. The van der Waals surface area contributed by atoms with E-state index < -0.39 is 5.60 Å². The molecule has 0 atom stereocenters. The van der Waals surface area contributed by atoms with Gasteiger partial charge in [-0.3, -0.25) is 4.79 Å². The van der Waals surface area contributed by atoms with Crippen molar-refractivity contribution >= 4 is 17.5 Å². The van der Waals surface area contributed by atoms with E-state index in [-0.39, 0.29) is 5.91 Å². The Morgan fingerprint density at radius 2 is 2.14 bits per heavy atom. The molecular formula is C17H24ClNO2. The molecule has 1 aromatic carbocycles. The van der Waals surface area contributed by atoms with Crippen LogP contribution in [0.2, 0.25) is 5.02 Å². The summed E-state index contributed by atoms with van der Waals surface area (Å²) < 4.78 is 0. The number of halogens is 1. The van der Waals surface area contributed by atoms with E-state index >= 15 is 0 Å². The maximum absolute atomic E-state index is 12.0. The fraction of sp³-hybridized carbons (Fsp3) is 0.588. The lowest BCUT2D eigenvalue weighted by atomic mass is 9.78. The molecule has 2 rings (SSSR count). The van der Waals surface area contributed by atoms with E-state index in [4.69, 9.17) is 11.6 Å². The molecule has 21 heavy (non-hydrogen) atoms. The smallest absolute Gasteiger partial charge is 0.224 e. The highest BCUT2D eigenvalue weighted by atomic mass is 35.5. The molecule has 1 fully saturated rings. The number of amides is 1. The van der Waals surface area contributed by atoms with Gasteiger partial charge in [-0.1, -0.05) is 37.1 Å². The summed E-state index contributed by atoms with van der Waals surface area (Å²) in [4.78, 5) is 12.0. The SMILES string of the molecule is CCC1CCC(O)(CNC(=O)Cc2cccc(Cl)c2)CC1. The Bertz CT molecular complexity index is 481. The summed E-state index contributed by atoms with van der Waals surface area (Å²) in [5.74, 6) is 0.663. The van der Waals surface area contributed by atoms with Crippen molar-refractivity contribution in [3.8, 4) is 0 Å². The summed E-state index contributed by atoms with van der Waals surface area (Å²) in [5, 5.41) is 14.0. The maximum atomic E-state index is 12.0. The summed E-state index contributed by atoms with van der Waals surface area (Å²) in [7, 11) is 0. The predicted molar refractivity (Wildman–Crippen MR) is 85.4 cm³/mol. The fourth-order valence-corrected chi connectivity index (χ4v) is 3.17. The normalized spacial score (nSPS) is 25.6. The summed E-state index contributed by atoms with van der Waals surface area (Å²) >= 11 is 5.90. The van der Waals surface area contributed by atoms with Crippen LogP contribution in [0.1, 0.15) is 44.6 Å². The Morgan fingerprint density at radius 3 is 2.76 bits per heavy atom. The van der Waals surface area contributed by atoms with Crippen LogP contribution in [0.5, 0.6) is 0 Å². The molecule has 0 radical (unpaired) electrons. The van der Waals surface area contributed by atoms with Gasteiger partial charge in [-0.25, -0.2) is 0 Å². The average Bonchev–Trinajstić information content (AvgIpc) is 2.46. The Kier molecular flexibility index (Phi) is 5.65. The van der Waals surface area contributed by atoms with Gasteiger partial charge in [0.2, 0.25) is 5.91 Å². The second-order valence-corrected chi connectivity index (χ2v) is 6.60. The van der Waals surface area contributed by atoms with Crippen LogP contribution in [0.25, 0.3) is 0 Å². The van der Waals surface area contributed by atoms with Crippen molar-refractivity contribution < 1.29 is 9.90 Å². The van der Waals surface area contributed by atoms with Gasteiger partial charge < -0.3 is 10.4 Å². The average molecular weight is 310 g/mol. The molecule has 2 N–H and O–H groups in total. The van der Waals surface area contributed by atoms with Gasteiger partial charge in [-0.05, 0) is 49.3 Å². The number of rotatable bonds is 5. The van der Waals surface area contributed by atoms with Gasteiger partial charge in [-0.2, -0.15) is 0 Å². The molecule has 0 spiro atoms. The highest BCUT2D eigenvalue weighted by Gasteiger charge is 2.32. The second kappa shape index (κ2) is 7.28. The third-order valence-corrected chi connectivity index (χ3v) is 4.72. The molecule has 116 valence electrons. The van der Waals surface area contributed by atoms with E-state index in [9.17, 15) is 9.90 Å². The molecule has 0 saturated heterocycles. The summed E-state index contributed by atoms with van der Waals surface area (Å²) in [6.07, 6.45) is 5.14. The van der Waals surface area contributed by atoms with Crippen molar-refractivity contribution in [2.45, 2.75) is 51.0 Å². The van der Waals surface area contributed by atoms with Crippen molar-refractivity contribution in [1.82, 2.24) is 5.32 Å². The van der Waals surface area contributed by atoms with Crippen LogP contribution in [-0.4, -0.2) is 23.2 Å². The number of hydrogen-bond acceptors (Lipinski definition) is 2. The largest absolute Gasteiger partial charge is 0.388 e. The zero-order valence-corrected chi connectivity index (χ0v) is 13.3. The molecule has 4 heteroatoms. The van der Waals surface area contributed by atoms with Crippen molar-refractivity contribution in [3.63, 3.8) is 0 Å². The van der Waals surface area contributed by atoms with Crippen LogP contribution < -0.4 is 5.32 Å². The summed E-state index contributed by atoms with van der Waals surface area (Å²) in [5.41, 5.74) is 0.164. The third kappa shape index (κ3) is 5.01. The minimum atomic E-state index is -0.727. The summed E-state index contributed by atoms with van der Waals surface area (Å²) in [6.45, 7) is 2.55. The number of hydrogen-bond donors (Lipinski definition) is 2. The maximum Gasteiger partial charge on any atom is 0.224 e. The van der Waals surface area contributed by atoms with Crippen molar-refractivity contribution in [1.29, 1.82) is 0 Å².